The first kappa shape index (κ1) is 15.3. The zero-order chi connectivity index (χ0) is 15.7. The zero-order valence-electron chi connectivity index (χ0n) is 12.1. The molecule has 3 rings (SSSR count). The third kappa shape index (κ3) is 3.08. The fourth-order valence-electron chi connectivity index (χ4n) is 2.55. The highest BCUT2D eigenvalue weighted by molar-refractivity contribution is 7.14. The van der Waals surface area contributed by atoms with Gasteiger partial charge in [0.1, 0.15) is 4.88 Å². The lowest BCUT2D eigenvalue weighted by atomic mass is 10.1. The summed E-state index contributed by atoms with van der Waals surface area (Å²) in [6.07, 6.45) is 2.40. The molecule has 22 heavy (non-hydrogen) atoms. The van der Waals surface area contributed by atoms with E-state index in [-0.39, 0.29) is 5.78 Å². The van der Waals surface area contributed by atoms with Crippen LogP contribution in [-0.4, -0.2) is 17.9 Å². The molecule has 1 aliphatic carbocycles. The number of thiophene rings is 1. The maximum atomic E-state index is 12.2. The van der Waals surface area contributed by atoms with E-state index < -0.39 is 12.1 Å². The Hall–Kier alpha value is -1.65. The van der Waals surface area contributed by atoms with Crippen molar-refractivity contribution < 1.29 is 14.3 Å². The number of carbonyl (C=O) groups excluding carboxylic acids is 2. The van der Waals surface area contributed by atoms with Gasteiger partial charge in [-0.1, -0.05) is 11.6 Å². The van der Waals surface area contributed by atoms with E-state index >= 15 is 0 Å². The molecule has 0 unspecified atom stereocenters. The summed E-state index contributed by atoms with van der Waals surface area (Å²) >= 11 is 7.28. The number of hydrogen-bond donors (Lipinski definition) is 0. The molecule has 0 amide bonds. The van der Waals surface area contributed by atoms with Gasteiger partial charge in [-0.3, -0.25) is 4.79 Å². The fourth-order valence-corrected chi connectivity index (χ4v) is 3.81. The molecule has 1 aliphatic rings. The van der Waals surface area contributed by atoms with Gasteiger partial charge in [0.25, 0.3) is 0 Å². The van der Waals surface area contributed by atoms with Crippen molar-refractivity contribution in [2.75, 3.05) is 0 Å². The third-order valence-corrected chi connectivity index (χ3v) is 5.20. The topological polar surface area (TPSA) is 43.4 Å². The fraction of sp³-hybridized carbons (Fsp3) is 0.294. The van der Waals surface area contributed by atoms with Crippen molar-refractivity contribution in [1.82, 2.24) is 0 Å². The maximum Gasteiger partial charge on any atom is 0.349 e. The average Bonchev–Trinajstić information content (AvgIpc) is 3.08. The van der Waals surface area contributed by atoms with E-state index in [1.54, 1.807) is 31.2 Å². The highest BCUT2D eigenvalue weighted by atomic mass is 35.5. The van der Waals surface area contributed by atoms with Crippen LogP contribution >= 0.6 is 22.9 Å². The lowest BCUT2D eigenvalue weighted by molar-refractivity contribution is 0.0323. The molecular formula is C17H15ClO3S. The predicted octanol–water partition coefficient (Wildman–Crippen LogP) is 4.32. The Morgan fingerprint density at radius 3 is 2.64 bits per heavy atom. The Bertz CT molecular complexity index is 697. The summed E-state index contributed by atoms with van der Waals surface area (Å²) in [5, 5.41) is 0.564. The monoisotopic (exact) mass is 334 g/mol. The van der Waals surface area contributed by atoms with E-state index in [1.165, 1.54) is 21.8 Å². The molecular weight excluding hydrogens is 320 g/mol. The van der Waals surface area contributed by atoms with E-state index in [0.29, 0.717) is 15.5 Å². The summed E-state index contributed by atoms with van der Waals surface area (Å²) in [4.78, 5) is 26.3. The largest absolute Gasteiger partial charge is 0.450 e. The molecule has 1 aromatic carbocycles. The molecule has 2 aromatic rings. The highest BCUT2D eigenvalue weighted by Crippen LogP contribution is 2.31. The third-order valence-electron chi connectivity index (χ3n) is 3.73. The second kappa shape index (κ2) is 6.23. The summed E-state index contributed by atoms with van der Waals surface area (Å²) in [5.41, 5.74) is 1.73. The molecule has 1 aromatic heterocycles. The van der Waals surface area contributed by atoms with Crippen molar-refractivity contribution in [3.05, 3.63) is 56.2 Å². The molecule has 0 spiro atoms. The van der Waals surface area contributed by atoms with Gasteiger partial charge >= 0.3 is 5.97 Å². The Kier molecular flexibility index (Phi) is 4.32. The normalized spacial score (nSPS) is 14.5. The number of rotatable bonds is 4. The molecule has 114 valence electrons. The molecule has 0 radical (unpaired) electrons. The molecule has 0 fully saturated rings. The molecule has 1 heterocycles. The summed E-state index contributed by atoms with van der Waals surface area (Å²) in [6, 6.07) is 8.46. The van der Waals surface area contributed by atoms with Gasteiger partial charge < -0.3 is 4.74 Å². The van der Waals surface area contributed by atoms with Gasteiger partial charge in [-0.05, 0) is 62.1 Å². The summed E-state index contributed by atoms with van der Waals surface area (Å²) in [5.74, 6) is -0.650. The van der Waals surface area contributed by atoms with Crippen molar-refractivity contribution in [1.29, 1.82) is 0 Å². The SMILES string of the molecule is C[C@H](OC(=O)c1cc2c(s1)CCC2)C(=O)c1ccc(Cl)cc1. The first-order chi connectivity index (χ1) is 10.5. The Labute approximate surface area is 137 Å². The molecule has 3 nitrogen and oxygen atoms in total. The van der Waals surface area contributed by atoms with Crippen LogP contribution in [-0.2, 0) is 17.6 Å². The van der Waals surface area contributed by atoms with Crippen molar-refractivity contribution in [3.63, 3.8) is 0 Å². The predicted molar refractivity (Wildman–Crippen MR) is 87.0 cm³/mol. The van der Waals surface area contributed by atoms with Gasteiger partial charge in [0.05, 0.1) is 0 Å². The van der Waals surface area contributed by atoms with Crippen LogP contribution in [0.25, 0.3) is 0 Å². The molecule has 0 N–H and O–H groups in total. The number of hydrogen-bond acceptors (Lipinski definition) is 4. The van der Waals surface area contributed by atoms with Crippen LogP contribution in [0.15, 0.2) is 30.3 Å². The van der Waals surface area contributed by atoms with E-state index in [9.17, 15) is 9.59 Å². The average molecular weight is 335 g/mol. The quantitative estimate of drug-likeness (QED) is 0.618. The maximum absolute atomic E-state index is 12.2. The Morgan fingerprint density at radius 2 is 1.95 bits per heavy atom. The van der Waals surface area contributed by atoms with E-state index in [1.807, 2.05) is 6.07 Å². The molecule has 1 atom stereocenters. The molecule has 0 saturated heterocycles. The zero-order valence-corrected chi connectivity index (χ0v) is 13.7. The lowest BCUT2D eigenvalue weighted by Gasteiger charge is -2.11. The van der Waals surface area contributed by atoms with Gasteiger partial charge in [-0.25, -0.2) is 4.79 Å². The van der Waals surface area contributed by atoms with Crippen LogP contribution in [0.3, 0.4) is 0 Å². The molecule has 0 bridgehead atoms. The first-order valence-corrected chi connectivity index (χ1v) is 8.36. The number of ether oxygens (including phenoxy) is 1. The van der Waals surface area contributed by atoms with Crippen molar-refractivity contribution in [2.45, 2.75) is 32.3 Å². The van der Waals surface area contributed by atoms with Crippen molar-refractivity contribution in [3.8, 4) is 0 Å². The number of carbonyl (C=O) groups is 2. The summed E-state index contributed by atoms with van der Waals surface area (Å²) < 4.78 is 5.31. The van der Waals surface area contributed by atoms with Crippen molar-refractivity contribution in [2.24, 2.45) is 0 Å². The second-order valence-electron chi connectivity index (χ2n) is 5.33. The van der Waals surface area contributed by atoms with Crippen LogP contribution in [0.4, 0.5) is 0 Å². The standard InChI is InChI=1S/C17H15ClO3S/c1-10(16(19)11-5-7-13(18)8-6-11)21-17(20)15-9-12-3-2-4-14(12)22-15/h5-10H,2-4H2,1H3/t10-/m0/s1. The lowest BCUT2D eigenvalue weighted by Crippen LogP contribution is -2.24. The molecule has 0 aliphatic heterocycles. The number of benzene rings is 1. The summed E-state index contributed by atoms with van der Waals surface area (Å²) in [6.45, 7) is 1.59. The van der Waals surface area contributed by atoms with Crippen molar-refractivity contribution >= 4 is 34.7 Å². The highest BCUT2D eigenvalue weighted by Gasteiger charge is 2.23. The minimum Gasteiger partial charge on any atom is -0.450 e. The Balaban J connectivity index is 1.67. The van der Waals surface area contributed by atoms with Gasteiger partial charge in [0, 0.05) is 15.5 Å². The molecule has 0 saturated carbocycles. The van der Waals surface area contributed by atoms with E-state index in [4.69, 9.17) is 16.3 Å². The van der Waals surface area contributed by atoms with Crippen LogP contribution in [0.2, 0.25) is 5.02 Å². The Morgan fingerprint density at radius 1 is 1.23 bits per heavy atom. The minimum atomic E-state index is -0.814. The second-order valence-corrected chi connectivity index (χ2v) is 6.90. The van der Waals surface area contributed by atoms with Crippen LogP contribution in [0, 0.1) is 0 Å². The number of esters is 1. The minimum absolute atomic E-state index is 0.228. The van der Waals surface area contributed by atoms with Gasteiger partial charge in [0.2, 0.25) is 5.78 Å². The smallest absolute Gasteiger partial charge is 0.349 e. The number of Topliss-reactive ketones (excluding diaryl/α,β-unsaturated/α-hetero) is 1. The number of aryl methyl sites for hydroxylation is 2. The number of ketones is 1. The van der Waals surface area contributed by atoms with Gasteiger partial charge in [-0.2, -0.15) is 0 Å². The number of fused-ring (bicyclic) bond motifs is 1. The van der Waals surface area contributed by atoms with E-state index in [0.717, 1.165) is 19.3 Å². The first-order valence-electron chi connectivity index (χ1n) is 7.17. The van der Waals surface area contributed by atoms with Crippen LogP contribution in [0.5, 0.6) is 0 Å². The van der Waals surface area contributed by atoms with E-state index in [2.05, 4.69) is 0 Å². The molecule has 5 heteroatoms. The number of halogens is 1. The summed E-state index contributed by atoms with van der Waals surface area (Å²) in [7, 11) is 0. The van der Waals surface area contributed by atoms with Crippen LogP contribution < -0.4 is 0 Å². The van der Waals surface area contributed by atoms with Crippen LogP contribution in [0.1, 0.15) is 43.8 Å². The van der Waals surface area contributed by atoms with Gasteiger partial charge in [-0.15, -0.1) is 11.3 Å². The van der Waals surface area contributed by atoms with Gasteiger partial charge in [0.15, 0.2) is 6.10 Å².